The predicted molar refractivity (Wildman–Crippen MR) is 153 cm³/mol. The molecule has 2 amide bonds. The van der Waals surface area contributed by atoms with Crippen molar-refractivity contribution in [3.63, 3.8) is 0 Å². The number of benzene rings is 3. The second kappa shape index (κ2) is 15.4. The topological polar surface area (TPSA) is 88.1 Å². The predicted octanol–water partition coefficient (Wildman–Crippen LogP) is 5.97. The smallest absolute Gasteiger partial charge is 0.348 e. The number of carbonyl (C=O) groups is 2. The summed E-state index contributed by atoms with van der Waals surface area (Å²) in [5.74, 6) is 0.244. The summed E-state index contributed by atoms with van der Waals surface area (Å²) in [7, 11) is 0. The van der Waals surface area contributed by atoms with Crippen LogP contribution in [0.3, 0.4) is 0 Å². The highest BCUT2D eigenvalue weighted by Gasteiger charge is 2.39. The van der Waals surface area contributed by atoms with Crippen LogP contribution < -0.4 is 14.8 Å². The minimum atomic E-state index is -1.35. The second-order valence-electron chi connectivity index (χ2n) is 9.55. The molecule has 1 atom stereocenters. The second-order valence-corrected chi connectivity index (χ2v) is 9.55. The number of carboxylic acids is 1. The Bertz CT molecular complexity index is 1140. The fraction of sp³-hybridized carbons (Fsp3) is 0.375. The van der Waals surface area contributed by atoms with Gasteiger partial charge in [0.2, 0.25) is 5.60 Å². The standard InChI is InChI=1S/C32H40N2O5/c1-3-22-34(31(37)33-21-20-26-12-7-5-8-13-26)23-11-24-38-28-18-16-27(17-19-28)25-32(4-2,30(35)36)39-29-14-9-6-10-15-29/h5-10,12-19H,3-4,11,20-25H2,1-2H3,(H,33,37)(H,35,36)/t32-/m0/s1. The SMILES string of the molecule is CCCN(CCCOc1ccc(C[C@](CC)(Oc2ccccc2)C(=O)O)cc1)C(=O)NCCc1ccccc1. The van der Waals surface area contributed by atoms with E-state index < -0.39 is 11.6 Å². The Labute approximate surface area is 231 Å². The van der Waals surface area contributed by atoms with Gasteiger partial charge in [0, 0.05) is 26.1 Å². The third kappa shape index (κ3) is 9.36. The van der Waals surface area contributed by atoms with Crippen LogP contribution >= 0.6 is 0 Å². The number of nitrogens with zero attached hydrogens (tertiary/aromatic N) is 1. The third-order valence-electron chi connectivity index (χ3n) is 6.58. The lowest BCUT2D eigenvalue weighted by molar-refractivity contribution is -0.155. The van der Waals surface area contributed by atoms with Gasteiger partial charge in [-0.25, -0.2) is 9.59 Å². The average Bonchev–Trinajstić information content (AvgIpc) is 2.96. The number of aliphatic carboxylic acids is 1. The van der Waals surface area contributed by atoms with Crippen LogP contribution in [0, 0.1) is 0 Å². The number of nitrogens with one attached hydrogen (secondary N) is 1. The average molecular weight is 533 g/mol. The highest BCUT2D eigenvalue weighted by atomic mass is 16.5. The summed E-state index contributed by atoms with van der Waals surface area (Å²) >= 11 is 0. The van der Waals surface area contributed by atoms with E-state index in [0.717, 1.165) is 18.4 Å². The molecule has 0 aromatic heterocycles. The molecule has 0 heterocycles. The molecule has 3 aromatic rings. The number of ether oxygens (including phenoxy) is 2. The molecule has 0 radical (unpaired) electrons. The largest absolute Gasteiger partial charge is 0.494 e. The van der Waals surface area contributed by atoms with Crippen LogP contribution in [0.4, 0.5) is 4.79 Å². The summed E-state index contributed by atoms with van der Waals surface area (Å²) in [5, 5.41) is 13.0. The quantitative estimate of drug-likeness (QED) is 0.222. The van der Waals surface area contributed by atoms with Crippen LogP contribution in [0.25, 0.3) is 0 Å². The van der Waals surface area contributed by atoms with Crippen molar-refractivity contribution in [1.82, 2.24) is 10.2 Å². The molecule has 0 unspecified atom stereocenters. The maximum atomic E-state index is 12.6. The number of amides is 2. The monoisotopic (exact) mass is 532 g/mol. The minimum Gasteiger partial charge on any atom is -0.494 e. The molecular weight excluding hydrogens is 492 g/mol. The number of para-hydroxylation sites is 1. The van der Waals surface area contributed by atoms with Crippen molar-refractivity contribution in [3.05, 3.63) is 96.1 Å². The first-order chi connectivity index (χ1) is 19.0. The van der Waals surface area contributed by atoms with E-state index in [0.29, 0.717) is 50.6 Å². The van der Waals surface area contributed by atoms with Crippen molar-refractivity contribution in [2.75, 3.05) is 26.2 Å². The normalized spacial score (nSPS) is 12.3. The molecular formula is C32H40N2O5. The summed E-state index contributed by atoms with van der Waals surface area (Å²) in [6.07, 6.45) is 2.95. The van der Waals surface area contributed by atoms with Gasteiger partial charge in [-0.3, -0.25) is 0 Å². The summed E-state index contributed by atoms with van der Waals surface area (Å²) in [5.41, 5.74) is 0.698. The van der Waals surface area contributed by atoms with Crippen molar-refractivity contribution < 1.29 is 24.2 Å². The molecule has 0 bridgehead atoms. The van der Waals surface area contributed by atoms with Crippen molar-refractivity contribution >= 4 is 12.0 Å². The van der Waals surface area contributed by atoms with Gasteiger partial charge in [0.15, 0.2) is 0 Å². The first-order valence-corrected chi connectivity index (χ1v) is 13.7. The first-order valence-electron chi connectivity index (χ1n) is 13.7. The fourth-order valence-corrected chi connectivity index (χ4v) is 4.35. The van der Waals surface area contributed by atoms with E-state index >= 15 is 0 Å². The highest BCUT2D eigenvalue weighted by Crippen LogP contribution is 2.27. The molecule has 39 heavy (non-hydrogen) atoms. The molecule has 0 aliphatic rings. The summed E-state index contributed by atoms with van der Waals surface area (Å²) in [4.78, 5) is 26.7. The van der Waals surface area contributed by atoms with E-state index in [4.69, 9.17) is 9.47 Å². The molecule has 7 nitrogen and oxygen atoms in total. The highest BCUT2D eigenvalue weighted by molar-refractivity contribution is 5.78. The molecule has 2 N–H and O–H groups in total. The van der Waals surface area contributed by atoms with E-state index in [1.54, 1.807) is 12.1 Å². The van der Waals surface area contributed by atoms with Gasteiger partial charge in [-0.2, -0.15) is 0 Å². The van der Waals surface area contributed by atoms with Gasteiger partial charge in [0.05, 0.1) is 6.61 Å². The zero-order chi connectivity index (χ0) is 27.9. The summed E-state index contributed by atoms with van der Waals surface area (Å²) < 4.78 is 11.9. The van der Waals surface area contributed by atoms with Gasteiger partial charge in [-0.15, -0.1) is 0 Å². The molecule has 0 fully saturated rings. The number of carboxylic acid groups (broad SMARTS) is 1. The van der Waals surface area contributed by atoms with E-state index in [-0.39, 0.29) is 12.5 Å². The Balaban J connectivity index is 1.46. The lowest BCUT2D eigenvalue weighted by atomic mass is 9.91. The maximum absolute atomic E-state index is 12.6. The molecule has 3 rings (SSSR count). The summed E-state index contributed by atoms with van der Waals surface area (Å²) in [6, 6.07) is 26.5. The van der Waals surface area contributed by atoms with Gasteiger partial charge in [-0.05, 0) is 61.1 Å². The number of urea groups is 1. The first kappa shape index (κ1) is 29.6. The van der Waals surface area contributed by atoms with Gasteiger partial charge in [-0.1, -0.05) is 74.5 Å². The van der Waals surface area contributed by atoms with Crippen LogP contribution in [-0.4, -0.2) is 53.8 Å². The molecule has 0 saturated heterocycles. The van der Waals surface area contributed by atoms with Crippen molar-refractivity contribution in [2.45, 2.75) is 51.6 Å². The molecule has 0 spiro atoms. The van der Waals surface area contributed by atoms with Crippen LogP contribution in [-0.2, 0) is 17.6 Å². The number of hydrogen-bond donors (Lipinski definition) is 2. The molecule has 208 valence electrons. The van der Waals surface area contributed by atoms with Crippen LogP contribution in [0.5, 0.6) is 11.5 Å². The number of hydrogen-bond acceptors (Lipinski definition) is 4. The van der Waals surface area contributed by atoms with Gasteiger partial charge in [0.25, 0.3) is 0 Å². The maximum Gasteiger partial charge on any atom is 0.348 e. The zero-order valence-electron chi connectivity index (χ0n) is 23.0. The van der Waals surface area contributed by atoms with Gasteiger partial charge >= 0.3 is 12.0 Å². The molecule has 0 saturated carbocycles. The number of carbonyl (C=O) groups excluding carboxylic acids is 1. The molecule has 3 aromatic carbocycles. The Morgan fingerprint density at radius 1 is 0.846 bits per heavy atom. The molecule has 7 heteroatoms. The van der Waals surface area contributed by atoms with E-state index in [9.17, 15) is 14.7 Å². The van der Waals surface area contributed by atoms with Crippen molar-refractivity contribution in [3.8, 4) is 11.5 Å². The van der Waals surface area contributed by atoms with Crippen molar-refractivity contribution in [2.24, 2.45) is 0 Å². The van der Waals surface area contributed by atoms with Crippen LogP contribution in [0.2, 0.25) is 0 Å². The van der Waals surface area contributed by atoms with E-state index in [2.05, 4.69) is 24.4 Å². The Kier molecular flexibility index (Phi) is 11.7. The fourth-order valence-electron chi connectivity index (χ4n) is 4.35. The third-order valence-corrected chi connectivity index (χ3v) is 6.58. The van der Waals surface area contributed by atoms with E-state index in [1.807, 2.05) is 72.5 Å². The summed E-state index contributed by atoms with van der Waals surface area (Å²) in [6.45, 7) is 6.26. The Hall–Kier alpha value is -4.00. The minimum absolute atomic E-state index is 0.0484. The molecule has 0 aliphatic heterocycles. The lowest BCUT2D eigenvalue weighted by Gasteiger charge is -2.29. The van der Waals surface area contributed by atoms with Crippen molar-refractivity contribution in [1.29, 1.82) is 0 Å². The number of rotatable bonds is 16. The Morgan fingerprint density at radius 3 is 2.13 bits per heavy atom. The Morgan fingerprint density at radius 2 is 1.51 bits per heavy atom. The van der Waals surface area contributed by atoms with Crippen LogP contribution in [0.15, 0.2) is 84.9 Å². The van der Waals surface area contributed by atoms with E-state index in [1.165, 1.54) is 5.56 Å². The zero-order valence-corrected chi connectivity index (χ0v) is 23.0. The van der Waals surface area contributed by atoms with Crippen LogP contribution in [0.1, 0.15) is 44.2 Å². The lowest BCUT2D eigenvalue weighted by Crippen LogP contribution is -2.46. The van der Waals surface area contributed by atoms with Gasteiger partial charge in [0.1, 0.15) is 11.5 Å². The van der Waals surface area contributed by atoms with Gasteiger partial charge < -0.3 is 24.8 Å². The molecule has 0 aliphatic carbocycles.